The molecule has 0 spiro atoms. The topological polar surface area (TPSA) is 40.7 Å². The SMILES string of the molecule is Cc1cc2cn[nH]c2cc1C1CCNC(C)C1. The predicted octanol–water partition coefficient (Wildman–Crippen LogP) is 2.73. The first kappa shape index (κ1) is 10.8. The molecular formula is C14H19N3. The van der Waals surface area contributed by atoms with Crippen LogP contribution in [0.2, 0.25) is 0 Å². The van der Waals surface area contributed by atoms with Crippen LogP contribution < -0.4 is 5.32 Å². The third kappa shape index (κ3) is 1.95. The number of rotatable bonds is 1. The highest BCUT2D eigenvalue weighted by molar-refractivity contribution is 5.79. The summed E-state index contributed by atoms with van der Waals surface area (Å²) in [7, 11) is 0. The maximum absolute atomic E-state index is 4.11. The van der Waals surface area contributed by atoms with Gasteiger partial charge in [-0.05, 0) is 62.4 Å². The van der Waals surface area contributed by atoms with Gasteiger partial charge in [0, 0.05) is 11.4 Å². The van der Waals surface area contributed by atoms with Crippen LogP contribution in [0.5, 0.6) is 0 Å². The van der Waals surface area contributed by atoms with E-state index < -0.39 is 0 Å². The fourth-order valence-corrected chi connectivity index (χ4v) is 2.98. The molecule has 2 heterocycles. The second kappa shape index (κ2) is 4.15. The minimum absolute atomic E-state index is 0.630. The van der Waals surface area contributed by atoms with Gasteiger partial charge in [0.05, 0.1) is 11.7 Å². The van der Waals surface area contributed by atoms with Gasteiger partial charge >= 0.3 is 0 Å². The molecule has 0 bridgehead atoms. The van der Waals surface area contributed by atoms with Crippen LogP contribution in [0, 0.1) is 6.92 Å². The third-order valence-electron chi connectivity index (χ3n) is 3.89. The number of nitrogens with zero attached hydrogens (tertiary/aromatic N) is 1. The molecule has 1 fully saturated rings. The second-order valence-corrected chi connectivity index (χ2v) is 5.24. The van der Waals surface area contributed by atoms with Crippen LogP contribution in [-0.4, -0.2) is 22.8 Å². The van der Waals surface area contributed by atoms with Gasteiger partial charge in [-0.25, -0.2) is 0 Å². The van der Waals surface area contributed by atoms with Crippen LogP contribution in [0.4, 0.5) is 0 Å². The van der Waals surface area contributed by atoms with Crippen molar-refractivity contribution in [3.05, 3.63) is 29.5 Å². The Hall–Kier alpha value is -1.35. The van der Waals surface area contributed by atoms with Gasteiger partial charge in [-0.1, -0.05) is 0 Å². The molecule has 3 nitrogen and oxygen atoms in total. The van der Waals surface area contributed by atoms with E-state index in [1.54, 1.807) is 0 Å². The Morgan fingerprint density at radius 1 is 1.35 bits per heavy atom. The largest absolute Gasteiger partial charge is 0.314 e. The Morgan fingerprint density at radius 3 is 3.06 bits per heavy atom. The number of hydrogen-bond acceptors (Lipinski definition) is 2. The van der Waals surface area contributed by atoms with E-state index in [0.717, 1.165) is 12.1 Å². The van der Waals surface area contributed by atoms with E-state index in [1.807, 2.05) is 6.20 Å². The number of hydrogen-bond donors (Lipinski definition) is 2. The van der Waals surface area contributed by atoms with Gasteiger partial charge in [-0.2, -0.15) is 5.10 Å². The Morgan fingerprint density at radius 2 is 2.24 bits per heavy atom. The molecule has 90 valence electrons. The summed E-state index contributed by atoms with van der Waals surface area (Å²) in [5, 5.41) is 11.9. The fraction of sp³-hybridized carbons (Fsp3) is 0.500. The quantitative estimate of drug-likeness (QED) is 0.789. The number of aromatic amines is 1. The standard InChI is InChI=1S/C14H19N3/c1-9-5-12-8-16-17-14(12)7-13(9)11-3-4-15-10(2)6-11/h5,7-8,10-11,15H,3-4,6H2,1-2H3,(H,16,17). The van der Waals surface area contributed by atoms with Crippen molar-refractivity contribution in [1.82, 2.24) is 15.5 Å². The normalized spacial score (nSPS) is 25.3. The highest BCUT2D eigenvalue weighted by Gasteiger charge is 2.21. The minimum Gasteiger partial charge on any atom is -0.314 e. The highest BCUT2D eigenvalue weighted by atomic mass is 15.1. The van der Waals surface area contributed by atoms with Gasteiger partial charge < -0.3 is 5.32 Å². The van der Waals surface area contributed by atoms with Gasteiger partial charge in [-0.3, -0.25) is 5.10 Å². The van der Waals surface area contributed by atoms with Crippen molar-refractivity contribution >= 4 is 10.9 Å². The molecule has 1 aromatic carbocycles. The van der Waals surface area contributed by atoms with E-state index in [1.165, 1.54) is 29.4 Å². The van der Waals surface area contributed by atoms with Crippen LogP contribution in [0.3, 0.4) is 0 Å². The van der Waals surface area contributed by atoms with Gasteiger partial charge in [0.2, 0.25) is 0 Å². The van der Waals surface area contributed by atoms with Crippen molar-refractivity contribution in [1.29, 1.82) is 0 Å². The van der Waals surface area contributed by atoms with Crippen molar-refractivity contribution in [2.24, 2.45) is 0 Å². The predicted molar refractivity (Wildman–Crippen MR) is 70.3 cm³/mol. The minimum atomic E-state index is 0.630. The molecule has 0 aliphatic carbocycles. The molecule has 0 saturated carbocycles. The summed E-state index contributed by atoms with van der Waals surface area (Å²) >= 11 is 0. The number of piperidine rings is 1. The summed E-state index contributed by atoms with van der Waals surface area (Å²) in [6.07, 6.45) is 4.38. The number of benzene rings is 1. The molecule has 2 unspecified atom stereocenters. The molecule has 1 aliphatic rings. The van der Waals surface area contributed by atoms with Crippen LogP contribution in [-0.2, 0) is 0 Å². The molecule has 17 heavy (non-hydrogen) atoms. The third-order valence-corrected chi connectivity index (χ3v) is 3.89. The Balaban J connectivity index is 2.00. The van der Waals surface area contributed by atoms with Gasteiger partial charge in [0.1, 0.15) is 0 Å². The lowest BCUT2D eigenvalue weighted by Crippen LogP contribution is -2.35. The molecule has 2 aromatic rings. The first-order valence-electron chi connectivity index (χ1n) is 6.41. The molecule has 0 radical (unpaired) electrons. The summed E-state index contributed by atoms with van der Waals surface area (Å²) in [5.41, 5.74) is 4.06. The van der Waals surface area contributed by atoms with Crippen LogP contribution >= 0.6 is 0 Å². The monoisotopic (exact) mass is 229 g/mol. The van der Waals surface area contributed by atoms with Crippen LogP contribution in [0.25, 0.3) is 10.9 Å². The maximum atomic E-state index is 4.11. The number of aryl methyl sites for hydroxylation is 1. The lowest BCUT2D eigenvalue weighted by molar-refractivity contribution is 0.380. The number of fused-ring (bicyclic) bond motifs is 1. The first-order chi connectivity index (χ1) is 8.24. The number of H-pyrrole nitrogens is 1. The summed E-state index contributed by atoms with van der Waals surface area (Å²) in [5.74, 6) is 0.693. The van der Waals surface area contributed by atoms with Crippen molar-refractivity contribution in [3.63, 3.8) is 0 Å². The van der Waals surface area contributed by atoms with E-state index in [2.05, 4.69) is 41.5 Å². The summed E-state index contributed by atoms with van der Waals surface area (Å²) < 4.78 is 0. The second-order valence-electron chi connectivity index (χ2n) is 5.24. The molecule has 1 aliphatic heterocycles. The average molecular weight is 229 g/mol. The molecule has 3 heteroatoms. The lowest BCUT2D eigenvalue weighted by Gasteiger charge is -2.29. The first-order valence-corrected chi connectivity index (χ1v) is 6.41. The average Bonchev–Trinajstić information content (AvgIpc) is 2.75. The van der Waals surface area contributed by atoms with Crippen molar-refractivity contribution < 1.29 is 0 Å². The van der Waals surface area contributed by atoms with Gasteiger partial charge in [0.25, 0.3) is 0 Å². The molecule has 1 saturated heterocycles. The van der Waals surface area contributed by atoms with Gasteiger partial charge in [-0.15, -0.1) is 0 Å². The Bertz CT molecular complexity index is 529. The van der Waals surface area contributed by atoms with E-state index >= 15 is 0 Å². The smallest absolute Gasteiger partial charge is 0.0653 e. The van der Waals surface area contributed by atoms with E-state index in [0.29, 0.717) is 12.0 Å². The fourth-order valence-electron chi connectivity index (χ4n) is 2.98. The van der Waals surface area contributed by atoms with Crippen LogP contribution in [0.1, 0.15) is 36.8 Å². The lowest BCUT2D eigenvalue weighted by atomic mass is 9.84. The zero-order chi connectivity index (χ0) is 11.8. The maximum Gasteiger partial charge on any atom is 0.0653 e. The van der Waals surface area contributed by atoms with E-state index in [9.17, 15) is 0 Å². The number of nitrogens with one attached hydrogen (secondary N) is 2. The summed E-state index contributed by atoms with van der Waals surface area (Å²) in [6, 6.07) is 5.17. The summed E-state index contributed by atoms with van der Waals surface area (Å²) in [4.78, 5) is 0. The molecule has 0 amide bonds. The number of aromatic nitrogens is 2. The Kier molecular flexibility index (Phi) is 2.63. The molecule has 3 rings (SSSR count). The molecular weight excluding hydrogens is 210 g/mol. The van der Waals surface area contributed by atoms with Crippen molar-refractivity contribution in [3.8, 4) is 0 Å². The summed E-state index contributed by atoms with van der Waals surface area (Å²) in [6.45, 7) is 5.62. The van der Waals surface area contributed by atoms with Crippen LogP contribution in [0.15, 0.2) is 18.3 Å². The highest BCUT2D eigenvalue weighted by Crippen LogP contribution is 2.31. The van der Waals surface area contributed by atoms with E-state index in [-0.39, 0.29) is 0 Å². The zero-order valence-electron chi connectivity index (χ0n) is 10.5. The van der Waals surface area contributed by atoms with E-state index in [4.69, 9.17) is 0 Å². The molecule has 2 N–H and O–H groups in total. The molecule has 2 atom stereocenters. The zero-order valence-corrected chi connectivity index (χ0v) is 10.5. The van der Waals surface area contributed by atoms with Crippen molar-refractivity contribution in [2.75, 3.05) is 6.54 Å². The van der Waals surface area contributed by atoms with Gasteiger partial charge in [0.15, 0.2) is 0 Å². The Labute approximate surface area is 102 Å². The molecule has 1 aromatic heterocycles. The van der Waals surface area contributed by atoms with Crippen molar-refractivity contribution in [2.45, 2.75) is 38.6 Å².